The second-order valence-corrected chi connectivity index (χ2v) is 5.99. The van der Waals surface area contributed by atoms with Gasteiger partial charge in [-0.1, -0.05) is 17.3 Å². The van der Waals surface area contributed by atoms with Gasteiger partial charge in [0, 0.05) is 0 Å². The van der Waals surface area contributed by atoms with E-state index in [4.69, 9.17) is 14.6 Å². The van der Waals surface area contributed by atoms with Crippen LogP contribution >= 0.6 is 0 Å². The highest BCUT2D eigenvalue weighted by molar-refractivity contribution is 5.91. The number of para-hydroxylation sites is 1. The summed E-state index contributed by atoms with van der Waals surface area (Å²) in [6, 6.07) is 6.25. The Labute approximate surface area is 153 Å². The second kappa shape index (κ2) is 8.08. The van der Waals surface area contributed by atoms with Gasteiger partial charge < -0.3 is 35.0 Å². The SMILES string of the molecule is O=C(O)c1ccccc1-n1cc(CO[C@H]2O[C@H](CO)[C@@H](O)[C@H](O)[C@@H]2O)nn1. The standard InChI is InChI=1S/C16H19N3O8/c20-6-11-12(21)13(22)14(23)16(27-11)26-7-8-5-19(18-17-8)10-4-2-1-3-9(10)15(24)25/h1-5,11-14,16,20-23H,6-7H2,(H,24,25)/t11-,12-,13+,14+,16+/m1/s1. The zero-order valence-electron chi connectivity index (χ0n) is 14.0. The number of hydrogen-bond acceptors (Lipinski definition) is 9. The minimum absolute atomic E-state index is 0.0452. The summed E-state index contributed by atoms with van der Waals surface area (Å²) < 4.78 is 11.9. The fourth-order valence-electron chi connectivity index (χ4n) is 2.71. The summed E-state index contributed by atoms with van der Waals surface area (Å²) in [7, 11) is 0. The predicted molar refractivity (Wildman–Crippen MR) is 86.9 cm³/mol. The van der Waals surface area contributed by atoms with Crippen LogP contribution in [0.1, 0.15) is 16.1 Å². The van der Waals surface area contributed by atoms with Crippen LogP contribution in [0.15, 0.2) is 30.5 Å². The first kappa shape index (κ1) is 19.4. The van der Waals surface area contributed by atoms with E-state index in [1.54, 1.807) is 18.2 Å². The maximum Gasteiger partial charge on any atom is 0.337 e. The molecule has 3 rings (SSSR count). The van der Waals surface area contributed by atoms with E-state index in [1.807, 2.05) is 0 Å². The number of carboxylic acids is 1. The van der Waals surface area contributed by atoms with Crippen LogP contribution in [0, 0.1) is 0 Å². The Hall–Kier alpha value is -2.41. The van der Waals surface area contributed by atoms with Crippen molar-refractivity contribution in [3.63, 3.8) is 0 Å². The molecule has 1 fully saturated rings. The Morgan fingerprint density at radius 3 is 2.63 bits per heavy atom. The van der Waals surface area contributed by atoms with Gasteiger partial charge >= 0.3 is 5.97 Å². The molecule has 0 unspecified atom stereocenters. The Kier molecular flexibility index (Phi) is 5.79. The summed E-state index contributed by atoms with van der Waals surface area (Å²) in [5.74, 6) is -1.11. The number of nitrogens with zero attached hydrogens (tertiary/aromatic N) is 3. The van der Waals surface area contributed by atoms with Gasteiger partial charge in [0.05, 0.1) is 30.7 Å². The van der Waals surface area contributed by atoms with Gasteiger partial charge in [-0.05, 0) is 12.1 Å². The number of ether oxygens (including phenoxy) is 2. The van der Waals surface area contributed by atoms with Gasteiger partial charge in [0.1, 0.15) is 30.1 Å². The third-order valence-electron chi connectivity index (χ3n) is 4.17. The highest BCUT2D eigenvalue weighted by Gasteiger charge is 2.44. The molecule has 1 saturated heterocycles. The Balaban J connectivity index is 1.69. The maximum absolute atomic E-state index is 11.3. The first-order valence-corrected chi connectivity index (χ1v) is 8.08. The monoisotopic (exact) mass is 381 g/mol. The lowest BCUT2D eigenvalue weighted by Gasteiger charge is -2.39. The van der Waals surface area contributed by atoms with E-state index >= 15 is 0 Å². The first-order valence-electron chi connectivity index (χ1n) is 8.08. The number of hydrogen-bond donors (Lipinski definition) is 5. The molecule has 1 aliphatic heterocycles. The van der Waals surface area contributed by atoms with Crippen molar-refractivity contribution >= 4 is 5.97 Å². The van der Waals surface area contributed by atoms with Crippen LogP contribution < -0.4 is 0 Å². The highest BCUT2D eigenvalue weighted by Crippen LogP contribution is 2.23. The first-order chi connectivity index (χ1) is 12.9. The van der Waals surface area contributed by atoms with Gasteiger partial charge in [-0.25, -0.2) is 9.48 Å². The molecule has 0 aliphatic carbocycles. The van der Waals surface area contributed by atoms with E-state index in [9.17, 15) is 25.2 Å². The van der Waals surface area contributed by atoms with Crippen LogP contribution in [-0.2, 0) is 16.1 Å². The van der Waals surface area contributed by atoms with E-state index in [2.05, 4.69) is 10.3 Å². The van der Waals surface area contributed by atoms with Crippen molar-refractivity contribution in [1.29, 1.82) is 0 Å². The molecule has 11 heteroatoms. The molecule has 11 nitrogen and oxygen atoms in total. The average Bonchev–Trinajstić information content (AvgIpc) is 3.14. The zero-order chi connectivity index (χ0) is 19.6. The smallest absolute Gasteiger partial charge is 0.337 e. The van der Waals surface area contributed by atoms with Crippen molar-refractivity contribution in [1.82, 2.24) is 15.0 Å². The summed E-state index contributed by atoms with van der Waals surface area (Å²) in [6.45, 7) is -0.731. The van der Waals surface area contributed by atoms with Gasteiger partial charge in [0.15, 0.2) is 6.29 Å². The fraction of sp³-hybridized carbons (Fsp3) is 0.438. The third-order valence-corrected chi connectivity index (χ3v) is 4.17. The molecule has 0 radical (unpaired) electrons. The molecule has 2 heterocycles. The number of rotatable bonds is 6. The highest BCUT2D eigenvalue weighted by atomic mass is 16.7. The number of benzene rings is 1. The molecule has 1 aromatic carbocycles. The van der Waals surface area contributed by atoms with E-state index in [-0.39, 0.29) is 12.2 Å². The molecule has 0 amide bonds. The minimum Gasteiger partial charge on any atom is -0.478 e. The molecular formula is C16H19N3O8. The van der Waals surface area contributed by atoms with Gasteiger partial charge in [-0.3, -0.25) is 0 Å². The Morgan fingerprint density at radius 1 is 1.19 bits per heavy atom. The van der Waals surface area contributed by atoms with Crippen LogP contribution in [-0.4, -0.2) is 83.8 Å². The van der Waals surface area contributed by atoms with Crippen molar-refractivity contribution in [2.24, 2.45) is 0 Å². The minimum atomic E-state index is -1.54. The molecule has 5 N–H and O–H groups in total. The Morgan fingerprint density at radius 2 is 1.93 bits per heavy atom. The van der Waals surface area contributed by atoms with Crippen molar-refractivity contribution in [3.8, 4) is 5.69 Å². The lowest BCUT2D eigenvalue weighted by atomic mass is 9.99. The van der Waals surface area contributed by atoms with Crippen LogP contribution in [0.4, 0.5) is 0 Å². The molecular weight excluding hydrogens is 362 g/mol. The summed E-state index contributed by atoms with van der Waals surface area (Å²) in [5.41, 5.74) is 0.674. The lowest BCUT2D eigenvalue weighted by molar-refractivity contribution is -0.304. The number of aromatic carboxylic acids is 1. The van der Waals surface area contributed by atoms with Crippen LogP contribution in [0.5, 0.6) is 0 Å². The summed E-state index contributed by atoms with van der Waals surface area (Å²) in [5, 5.41) is 55.5. The van der Waals surface area contributed by atoms with Crippen LogP contribution in [0.2, 0.25) is 0 Å². The molecule has 146 valence electrons. The van der Waals surface area contributed by atoms with Crippen molar-refractivity contribution in [3.05, 3.63) is 41.7 Å². The van der Waals surface area contributed by atoms with Crippen molar-refractivity contribution in [2.45, 2.75) is 37.3 Å². The normalized spacial score (nSPS) is 28.2. The van der Waals surface area contributed by atoms with E-state index in [0.29, 0.717) is 11.4 Å². The van der Waals surface area contributed by atoms with Gasteiger partial charge in [0.25, 0.3) is 0 Å². The fourth-order valence-corrected chi connectivity index (χ4v) is 2.71. The Bertz CT molecular complexity index is 795. The van der Waals surface area contributed by atoms with E-state index < -0.39 is 43.3 Å². The number of carbonyl (C=O) groups is 1. The van der Waals surface area contributed by atoms with Crippen molar-refractivity contribution in [2.75, 3.05) is 6.61 Å². The molecule has 0 bridgehead atoms. The molecule has 5 atom stereocenters. The average molecular weight is 381 g/mol. The molecule has 1 aromatic heterocycles. The molecule has 27 heavy (non-hydrogen) atoms. The lowest BCUT2D eigenvalue weighted by Crippen LogP contribution is -2.59. The van der Waals surface area contributed by atoms with E-state index in [1.165, 1.54) is 16.9 Å². The number of aliphatic hydroxyl groups is 4. The largest absolute Gasteiger partial charge is 0.478 e. The number of aliphatic hydroxyl groups excluding tert-OH is 4. The van der Waals surface area contributed by atoms with E-state index in [0.717, 1.165) is 0 Å². The second-order valence-electron chi connectivity index (χ2n) is 5.99. The summed E-state index contributed by atoms with van der Waals surface area (Å²) >= 11 is 0. The van der Waals surface area contributed by atoms with Gasteiger partial charge in [0.2, 0.25) is 0 Å². The number of carboxylic acid groups (broad SMARTS) is 1. The molecule has 1 aliphatic rings. The summed E-state index contributed by atoms with van der Waals surface area (Å²) in [4.78, 5) is 11.3. The molecule has 0 spiro atoms. The van der Waals surface area contributed by atoms with Gasteiger partial charge in [-0.2, -0.15) is 0 Å². The molecule has 0 saturated carbocycles. The van der Waals surface area contributed by atoms with Crippen LogP contribution in [0.25, 0.3) is 5.69 Å². The number of aromatic nitrogens is 3. The molecule has 2 aromatic rings. The van der Waals surface area contributed by atoms with Gasteiger partial charge in [-0.15, -0.1) is 5.10 Å². The predicted octanol–water partition coefficient (Wildman–Crippen LogP) is -1.72. The quantitative estimate of drug-likeness (QED) is 0.388. The van der Waals surface area contributed by atoms with Crippen LogP contribution in [0.3, 0.4) is 0 Å². The third kappa shape index (κ3) is 3.98. The maximum atomic E-state index is 11.3. The summed E-state index contributed by atoms with van der Waals surface area (Å²) in [6.07, 6.45) is -5.46. The zero-order valence-corrected chi connectivity index (χ0v) is 14.0. The van der Waals surface area contributed by atoms with Crippen molar-refractivity contribution < 1.29 is 39.8 Å². The topological polar surface area (TPSA) is 167 Å².